The van der Waals surface area contributed by atoms with E-state index in [9.17, 15) is 9.59 Å². The van der Waals surface area contributed by atoms with Gasteiger partial charge >= 0.3 is 5.97 Å². The molecular formula is C15H14N2O4. The number of aryl methyl sites for hydroxylation is 1. The first-order valence-corrected chi connectivity index (χ1v) is 6.25. The van der Waals surface area contributed by atoms with E-state index in [1.807, 2.05) is 0 Å². The van der Waals surface area contributed by atoms with E-state index in [4.69, 9.17) is 9.84 Å². The van der Waals surface area contributed by atoms with Gasteiger partial charge < -0.3 is 15.2 Å². The Morgan fingerprint density at radius 1 is 1.19 bits per heavy atom. The Morgan fingerprint density at radius 3 is 2.67 bits per heavy atom. The summed E-state index contributed by atoms with van der Waals surface area (Å²) in [5.41, 5.74) is 1.41. The highest BCUT2D eigenvalue weighted by atomic mass is 16.5. The summed E-state index contributed by atoms with van der Waals surface area (Å²) < 4.78 is 5.12. The topological polar surface area (TPSA) is 88.5 Å². The largest absolute Gasteiger partial charge is 0.480 e. The van der Waals surface area contributed by atoms with E-state index in [0.717, 1.165) is 5.69 Å². The van der Waals surface area contributed by atoms with E-state index in [1.165, 1.54) is 0 Å². The van der Waals surface area contributed by atoms with Crippen LogP contribution in [0.1, 0.15) is 16.2 Å². The van der Waals surface area contributed by atoms with Crippen LogP contribution in [0.3, 0.4) is 0 Å². The second-order valence-electron chi connectivity index (χ2n) is 4.30. The quantitative estimate of drug-likeness (QED) is 0.878. The Hall–Kier alpha value is -2.89. The van der Waals surface area contributed by atoms with Gasteiger partial charge in [-0.1, -0.05) is 18.2 Å². The zero-order valence-electron chi connectivity index (χ0n) is 11.4. The van der Waals surface area contributed by atoms with Gasteiger partial charge in [-0.25, -0.2) is 9.78 Å². The molecule has 2 rings (SSSR count). The number of nitrogens with zero attached hydrogens (tertiary/aromatic N) is 1. The number of benzene rings is 1. The fourth-order valence-corrected chi connectivity index (χ4v) is 1.69. The van der Waals surface area contributed by atoms with Gasteiger partial charge in [0.05, 0.1) is 5.69 Å². The van der Waals surface area contributed by atoms with E-state index < -0.39 is 12.6 Å². The van der Waals surface area contributed by atoms with E-state index in [1.54, 1.807) is 49.4 Å². The SMILES string of the molecule is Cc1cccc(C(=O)Nc2ccccc2OCC(=O)O)n1. The Kier molecular flexibility index (Phi) is 4.50. The third-order valence-corrected chi connectivity index (χ3v) is 2.61. The van der Waals surface area contributed by atoms with Crippen LogP contribution < -0.4 is 10.1 Å². The molecule has 0 atom stereocenters. The lowest BCUT2D eigenvalue weighted by molar-refractivity contribution is -0.139. The monoisotopic (exact) mass is 286 g/mol. The van der Waals surface area contributed by atoms with Crippen molar-refractivity contribution in [2.24, 2.45) is 0 Å². The van der Waals surface area contributed by atoms with Crippen LogP contribution in [0.15, 0.2) is 42.5 Å². The second-order valence-corrected chi connectivity index (χ2v) is 4.30. The molecule has 0 saturated carbocycles. The smallest absolute Gasteiger partial charge is 0.341 e. The van der Waals surface area contributed by atoms with Gasteiger partial charge in [0.2, 0.25) is 0 Å². The average molecular weight is 286 g/mol. The minimum Gasteiger partial charge on any atom is -0.480 e. The van der Waals surface area contributed by atoms with Crippen molar-refractivity contribution < 1.29 is 19.4 Å². The fraction of sp³-hybridized carbons (Fsp3) is 0.133. The Balaban J connectivity index is 2.15. The van der Waals surface area contributed by atoms with Crippen LogP contribution >= 0.6 is 0 Å². The van der Waals surface area contributed by atoms with Crippen molar-refractivity contribution in [1.29, 1.82) is 0 Å². The molecule has 6 nitrogen and oxygen atoms in total. The number of aromatic nitrogens is 1. The van der Waals surface area contributed by atoms with Gasteiger partial charge in [0.25, 0.3) is 5.91 Å². The zero-order chi connectivity index (χ0) is 15.2. The molecule has 1 heterocycles. The van der Waals surface area contributed by atoms with Crippen molar-refractivity contribution in [2.45, 2.75) is 6.92 Å². The maximum atomic E-state index is 12.1. The first kappa shape index (κ1) is 14.5. The summed E-state index contributed by atoms with van der Waals surface area (Å²) in [6.07, 6.45) is 0. The number of pyridine rings is 1. The average Bonchev–Trinajstić information content (AvgIpc) is 2.46. The van der Waals surface area contributed by atoms with E-state index in [-0.39, 0.29) is 11.6 Å². The molecule has 2 aromatic rings. The molecule has 1 aromatic carbocycles. The number of hydrogen-bond acceptors (Lipinski definition) is 4. The summed E-state index contributed by atoms with van der Waals surface area (Å²) in [6.45, 7) is 1.32. The van der Waals surface area contributed by atoms with Gasteiger partial charge in [0.1, 0.15) is 11.4 Å². The third kappa shape index (κ3) is 4.04. The lowest BCUT2D eigenvalue weighted by Gasteiger charge is -2.11. The highest BCUT2D eigenvalue weighted by Gasteiger charge is 2.11. The van der Waals surface area contributed by atoms with Crippen molar-refractivity contribution in [3.63, 3.8) is 0 Å². The summed E-state index contributed by atoms with van der Waals surface area (Å²) in [5, 5.41) is 11.3. The molecule has 0 saturated heterocycles. The standard InChI is InChI=1S/C15H14N2O4/c1-10-5-4-7-12(16-10)15(20)17-11-6-2-3-8-13(11)21-9-14(18)19/h2-8H,9H2,1H3,(H,17,20)(H,18,19). The molecule has 1 aromatic heterocycles. The molecule has 1 amide bonds. The Morgan fingerprint density at radius 2 is 1.95 bits per heavy atom. The normalized spacial score (nSPS) is 9.95. The van der Waals surface area contributed by atoms with Crippen LogP contribution in [0.5, 0.6) is 5.75 Å². The number of para-hydroxylation sites is 2. The van der Waals surface area contributed by atoms with Gasteiger partial charge in [-0.05, 0) is 31.2 Å². The number of hydrogen-bond donors (Lipinski definition) is 2. The summed E-state index contributed by atoms with van der Waals surface area (Å²) in [7, 11) is 0. The van der Waals surface area contributed by atoms with Gasteiger partial charge in [0, 0.05) is 5.69 Å². The third-order valence-electron chi connectivity index (χ3n) is 2.61. The minimum absolute atomic E-state index is 0.281. The number of carboxylic acids is 1. The van der Waals surface area contributed by atoms with Crippen LogP contribution in [0.4, 0.5) is 5.69 Å². The molecule has 0 radical (unpaired) electrons. The molecule has 0 aliphatic carbocycles. The zero-order valence-corrected chi connectivity index (χ0v) is 11.4. The number of carbonyl (C=O) groups is 2. The first-order chi connectivity index (χ1) is 10.1. The molecule has 0 spiro atoms. The van der Waals surface area contributed by atoms with E-state index in [0.29, 0.717) is 11.4 Å². The summed E-state index contributed by atoms with van der Waals surface area (Å²) in [5.74, 6) is -1.18. The maximum absolute atomic E-state index is 12.1. The van der Waals surface area contributed by atoms with Crippen molar-refractivity contribution in [2.75, 3.05) is 11.9 Å². The van der Waals surface area contributed by atoms with Crippen LogP contribution in [-0.2, 0) is 4.79 Å². The number of carboxylic acid groups (broad SMARTS) is 1. The Bertz CT molecular complexity index is 670. The first-order valence-electron chi connectivity index (χ1n) is 6.25. The predicted octanol–water partition coefficient (Wildman–Crippen LogP) is 2.11. The molecule has 0 fully saturated rings. The minimum atomic E-state index is -1.09. The summed E-state index contributed by atoms with van der Waals surface area (Å²) in [4.78, 5) is 26.8. The van der Waals surface area contributed by atoms with Gasteiger partial charge in [-0.15, -0.1) is 0 Å². The molecule has 0 bridgehead atoms. The number of carbonyl (C=O) groups excluding carboxylic acids is 1. The second kappa shape index (κ2) is 6.51. The van der Waals surface area contributed by atoms with Crippen molar-refractivity contribution in [3.05, 3.63) is 53.9 Å². The van der Waals surface area contributed by atoms with Crippen molar-refractivity contribution in [1.82, 2.24) is 4.98 Å². The lowest BCUT2D eigenvalue weighted by atomic mass is 10.2. The van der Waals surface area contributed by atoms with Gasteiger partial charge in [0.15, 0.2) is 6.61 Å². The van der Waals surface area contributed by atoms with Gasteiger partial charge in [-0.2, -0.15) is 0 Å². The van der Waals surface area contributed by atoms with Crippen LogP contribution in [-0.4, -0.2) is 28.6 Å². The summed E-state index contributed by atoms with van der Waals surface area (Å²) in [6, 6.07) is 11.8. The predicted molar refractivity (Wildman–Crippen MR) is 76.5 cm³/mol. The van der Waals surface area contributed by atoms with Crippen molar-refractivity contribution >= 4 is 17.6 Å². The lowest BCUT2D eigenvalue weighted by Crippen LogP contribution is -2.16. The van der Waals surface area contributed by atoms with Gasteiger partial charge in [-0.3, -0.25) is 4.79 Å². The maximum Gasteiger partial charge on any atom is 0.341 e. The van der Waals surface area contributed by atoms with Crippen molar-refractivity contribution in [3.8, 4) is 5.75 Å². The molecule has 0 unspecified atom stereocenters. The number of rotatable bonds is 5. The molecule has 0 aliphatic rings. The van der Waals surface area contributed by atoms with E-state index in [2.05, 4.69) is 10.3 Å². The van der Waals surface area contributed by atoms with Crippen LogP contribution in [0, 0.1) is 6.92 Å². The fourth-order valence-electron chi connectivity index (χ4n) is 1.69. The highest BCUT2D eigenvalue weighted by Crippen LogP contribution is 2.24. The Labute approximate surface area is 121 Å². The van der Waals surface area contributed by atoms with Crippen LogP contribution in [0.25, 0.3) is 0 Å². The number of ether oxygens (including phenoxy) is 1. The summed E-state index contributed by atoms with van der Waals surface area (Å²) >= 11 is 0. The van der Waals surface area contributed by atoms with E-state index >= 15 is 0 Å². The molecule has 2 N–H and O–H groups in total. The molecule has 108 valence electrons. The van der Waals surface area contributed by atoms with Crippen LogP contribution in [0.2, 0.25) is 0 Å². The highest BCUT2D eigenvalue weighted by molar-refractivity contribution is 6.03. The molecule has 6 heteroatoms. The number of anilines is 1. The number of aliphatic carboxylic acids is 1. The number of nitrogens with one attached hydrogen (secondary N) is 1. The molecule has 21 heavy (non-hydrogen) atoms. The molecule has 0 aliphatic heterocycles. The molecular weight excluding hydrogens is 272 g/mol. The number of amides is 1.